The van der Waals surface area contributed by atoms with Gasteiger partial charge in [-0.25, -0.2) is 4.98 Å². The highest BCUT2D eigenvalue weighted by Crippen LogP contribution is 2.40. The number of halogens is 1. The Balaban J connectivity index is 2.05. The Morgan fingerprint density at radius 3 is 3.15 bits per heavy atom. The topological polar surface area (TPSA) is 30.7 Å². The van der Waals surface area contributed by atoms with E-state index in [9.17, 15) is 0 Å². The van der Waals surface area contributed by atoms with E-state index in [4.69, 9.17) is 16.6 Å². The monoisotopic (exact) mass is 309 g/mol. The Labute approximate surface area is 129 Å². The second kappa shape index (κ2) is 6.35. The van der Waals surface area contributed by atoms with Gasteiger partial charge in [0.2, 0.25) is 0 Å². The third-order valence-corrected chi connectivity index (χ3v) is 5.51. The van der Waals surface area contributed by atoms with Crippen LogP contribution in [0.4, 0.5) is 0 Å². The van der Waals surface area contributed by atoms with Gasteiger partial charge in [0, 0.05) is 29.8 Å². The molecule has 2 heterocycles. The van der Waals surface area contributed by atoms with Crippen LogP contribution in [0.2, 0.25) is 0 Å². The average molecular weight is 310 g/mol. The van der Waals surface area contributed by atoms with Crippen LogP contribution >= 0.6 is 23.4 Å². The lowest BCUT2D eigenvalue weighted by molar-refractivity contribution is 0.522. The Kier molecular flexibility index (Phi) is 4.51. The summed E-state index contributed by atoms with van der Waals surface area (Å²) >= 11 is 8.05. The number of aryl methyl sites for hydroxylation is 1. The van der Waals surface area contributed by atoms with Crippen molar-refractivity contribution < 1.29 is 0 Å². The maximum absolute atomic E-state index is 5.97. The molecule has 3 rings (SSSR count). The highest BCUT2D eigenvalue weighted by atomic mass is 35.5. The normalized spacial score (nSPS) is 22.7. The van der Waals surface area contributed by atoms with Crippen LogP contribution in [-0.2, 0) is 6.42 Å². The van der Waals surface area contributed by atoms with Crippen LogP contribution in [0, 0.1) is 0 Å². The van der Waals surface area contributed by atoms with Crippen molar-refractivity contribution in [2.45, 2.75) is 43.9 Å². The summed E-state index contributed by atoms with van der Waals surface area (Å²) in [6, 6.07) is 2.65. The highest BCUT2D eigenvalue weighted by molar-refractivity contribution is 7.99. The largest absolute Gasteiger partial charge is 0.324 e. The Hall–Kier alpha value is -0.740. The van der Waals surface area contributed by atoms with E-state index in [1.54, 1.807) is 0 Å². The Morgan fingerprint density at radius 2 is 2.35 bits per heavy atom. The zero-order valence-electron chi connectivity index (χ0n) is 11.8. The summed E-state index contributed by atoms with van der Waals surface area (Å²) < 4.78 is 2.44. The van der Waals surface area contributed by atoms with E-state index < -0.39 is 0 Å². The van der Waals surface area contributed by atoms with Gasteiger partial charge in [-0.2, -0.15) is 11.8 Å². The maximum atomic E-state index is 5.97. The third kappa shape index (κ3) is 2.56. The van der Waals surface area contributed by atoms with Gasteiger partial charge in [0.25, 0.3) is 0 Å². The van der Waals surface area contributed by atoms with Crippen LogP contribution in [0.3, 0.4) is 0 Å². The fraction of sp³-hybridized carbons (Fsp3) is 0.600. The van der Waals surface area contributed by atoms with Gasteiger partial charge < -0.3 is 4.57 Å². The number of aromatic nitrogens is 3. The molecule has 0 amide bonds. The first-order chi connectivity index (χ1) is 9.85. The smallest absolute Gasteiger partial charge is 0.111 e. The van der Waals surface area contributed by atoms with Crippen LogP contribution in [0.15, 0.2) is 18.5 Å². The molecule has 108 valence electrons. The molecule has 0 spiro atoms. The molecule has 2 aromatic rings. The van der Waals surface area contributed by atoms with Crippen LogP contribution in [0.1, 0.15) is 38.1 Å². The number of hydrogen-bond donors (Lipinski definition) is 0. The molecule has 2 unspecified atom stereocenters. The highest BCUT2D eigenvalue weighted by Gasteiger charge is 2.31. The lowest BCUT2D eigenvalue weighted by Gasteiger charge is -2.23. The van der Waals surface area contributed by atoms with Gasteiger partial charge in [-0.05, 0) is 24.7 Å². The van der Waals surface area contributed by atoms with Gasteiger partial charge in [0.1, 0.15) is 11.3 Å². The van der Waals surface area contributed by atoms with Gasteiger partial charge in [-0.3, -0.25) is 4.98 Å². The Bertz CT molecular complexity index is 584. The fourth-order valence-corrected chi connectivity index (χ4v) is 4.65. The number of thioether (sulfide) groups is 1. The quantitative estimate of drug-likeness (QED) is 0.780. The molecule has 2 aromatic heterocycles. The summed E-state index contributed by atoms with van der Waals surface area (Å²) in [7, 11) is 0. The van der Waals surface area contributed by atoms with Crippen molar-refractivity contribution in [3.05, 3.63) is 24.3 Å². The molecule has 0 N–H and O–H groups in total. The molecule has 3 nitrogen and oxygen atoms in total. The van der Waals surface area contributed by atoms with Crippen molar-refractivity contribution >= 4 is 34.4 Å². The van der Waals surface area contributed by atoms with Crippen LogP contribution < -0.4 is 0 Å². The first-order valence-corrected chi connectivity index (χ1v) is 8.92. The van der Waals surface area contributed by atoms with Gasteiger partial charge in [-0.1, -0.05) is 13.3 Å². The molecule has 1 aliphatic rings. The number of fused-ring (bicyclic) bond motifs is 1. The minimum Gasteiger partial charge on any atom is -0.324 e. The molecule has 0 bridgehead atoms. The Morgan fingerprint density at radius 1 is 1.45 bits per heavy atom. The zero-order valence-corrected chi connectivity index (χ0v) is 13.3. The van der Waals surface area contributed by atoms with Gasteiger partial charge in [0.15, 0.2) is 0 Å². The van der Waals surface area contributed by atoms with E-state index in [1.165, 1.54) is 30.5 Å². The second-order valence-electron chi connectivity index (χ2n) is 5.19. The minimum absolute atomic E-state index is 0.561. The summed E-state index contributed by atoms with van der Waals surface area (Å²) in [4.78, 5) is 8.94. The molecular formula is C15H20ClN3S. The van der Waals surface area contributed by atoms with Crippen molar-refractivity contribution in [1.82, 2.24) is 14.5 Å². The molecule has 2 atom stereocenters. The van der Waals surface area contributed by atoms with Crippen LogP contribution in [0.5, 0.6) is 0 Å². The minimum atomic E-state index is 0.561. The lowest BCUT2D eigenvalue weighted by Crippen LogP contribution is -2.19. The van der Waals surface area contributed by atoms with Gasteiger partial charge >= 0.3 is 0 Å². The van der Waals surface area contributed by atoms with E-state index in [-0.39, 0.29) is 0 Å². The number of hydrogen-bond acceptors (Lipinski definition) is 3. The predicted octanol–water partition coefficient (Wildman–Crippen LogP) is 4.06. The summed E-state index contributed by atoms with van der Waals surface area (Å²) in [5.74, 6) is 2.92. The molecule has 0 radical (unpaired) electrons. The van der Waals surface area contributed by atoms with Crippen molar-refractivity contribution in [3.8, 4) is 0 Å². The van der Waals surface area contributed by atoms with Crippen molar-refractivity contribution in [3.63, 3.8) is 0 Å². The number of nitrogens with zero attached hydrogens (tertiary/aromatic N) is 3. The summed E-state index contributed by atoms with van der Waals surface area (Å²) in [5.41, 5.74) is 2.22. The molecule has 1 saturated carbocycles. The lowest BCUT2D eigenvalue weighted by atomic mass is 10.2. The van der Waals surface area contributed by atoms with E-state index in [0.717, 1.165) is 17.8 Å². The molecule has 5 heteroatoms. The number of imidazole rings is 1. The van der Waals surface area contributed by atoms with E-state index >= 15 is 0 Å². The van der Waals surface area contributed by atoms with Crippen LogP contribution in [0.25, 0.3) is 11.0 Å². The second-order valence-corrected chi connectivity index (χ2v) is 7.09. The predicted molar refractivity (Wildman–Crippen MR) is 86.8 cm³/mol. The summed E-state index contributed by atoms with van der Waals surface area (Å²) in [6.45, 7) is 2.25. The van der Waals surface area contributed by atoms with Crippen molar-refractivity contribution in [1.29, 1.82) is 0 Å². The molecule has 0 aliphatic heterocycles. The fourth-order valence-electron chi connectivity index (χ4n) is 3.24. The number of rotatable bonds is 5. The van der Waals surface area contributed by atoms with Gasteiger partial charge in [0.05, 0.1) is 11.7 Å². The third-order valence-electron chi connectivity index (χ3n) is 4.01. The first-order valence-electron chi connectivity index (χ1n) is 7.33. The van der Waals surface area contributed by atoms with Crippen LogP contribution in [-0.4, -0.2) is 31.4 Å². The maximum Gasteiger partial charge on any atom is 0.111 e. The average Bonchev–Trinajstić information content (AvgIpc) is 3.03. The molecule has 1 fully saturated rings. The van der Waals surface area contributed by atoms with Crippen molar-refractivity contribution in [2.24, 2.45) is 0 Å². The van der Waals surface area contributed by atoms with E-state index in [0.29, 0.717) is 17.2 Å². The molecule has 20 heavy (non-hydrogen) atoms. The molecule has 0 aromatic carbocycles. The standard InChI is InChI=1S/C15H20ClN3S/c1-2-20-14-5-3-4-13(14)19-12-7-9-17-10-11(12)18-15(19)6-8-16/h7,9-10,13-14H,2-6,8H2,1H3. The van der Waals surface area contributed by atoms with E-state index in [1.807, 2.05) is 12.4 Å². The first kappa shape index (κ1) is 14.2. The molecule has 1 aliphatic carbocycles. The summed E-state index contributed by atoms with van der Waals surface area (Å²) in [5, 5.41) is 0.708. The molecular weight excluding hydrogens is 290 g/mol. The number of pyridine rings is 1. The van der Waals surface area contributed by atoms with Gasteiger partial charge in [-0.15, -0.1) is 11.6 Å². The summed E-state index contributed by atoms with van der Waals surface area (Å²) in [6.07, 6.45) is 8.43. The number of alkyl halides is 1. The van der Waals surface area contributed by atoms with E-state index in [2.05, 4.69) is 34.3 Å². The van der Waals surface area contributed by atoms with Crippen molar-refractivity contribution in [2.75, 3.05) is 11.6 Å². The zero-order chi connectivity index (χ0) is 13.9. The SMILES string of the molecule is CCSC1CCCC1n1c(CCCl)nc2cnccc21. The molecule has 0 saturated heterocycles.